The molecule has 2 atom stereocenters. The number of aromatic hydroxyl groups is 2. The Labute approximate surface area is 125 Å². The summed E-state index contributed by atoms with van der Waals surface area (Å²) in [7, 11) is 0. The molecule has 22 heavy (non-hydrogen) atoms. The largest absolute Gasteiger partial charge is 0.494 e. The minimum atomic E-state index is -0.691. The normalized spacial score (nSPS) is 26.7. The van der Waals surface area contributed by atoms with Crippen molar-refractivity contribution in [3.8, 4) is 28.9 Å². The van der Waals surface area contributed by atoms with Gasteiger partial charge in [0.1, 0.15) is 11.7 Å². The average molecular weight is 299 g/mol. The van der Waals surface area contributed by atoms with E-state index in [1.165, 1.54) is 4.57 Å². The van der Waals surface area contributed by atoms with Crippen LogP contribution in [0.1, 0.15) is 24.2 Å². The molecule has 112 valence electrons. The van der Waals surface area contributed by atoms with E-state index >= 15 is 0 Å². The van der Waals surface area contributed by atoms with Crippen molar-refractivity contribution in [1.82, 2.24) is 4.57 Å². The van der Waals surface area contributed by atoms with Gasteiger partial charge in [0.15, 0.2) is 11.5 Å². The molecule has 0 fully saturated rings. The lowest BCUT2D eigenvalue weighted by atomic mass is 9.91. The SMILES string of the molecule is CC12C=CC(O1)c1c2c(O)n(-c2ccc3c(c2)OCO3)c1O. The molecule has 5 rings (SSSR count). The molecule has 2 unspecified atom stereocenters. The lowest BCUT2D eigenvalue weighted by Gasteiger charge is -2.18. The quantitative estimate of drug-likeness (QED) is 0.791. The monoisotopic (exact) mass is 299 g/mol. The molecule has 0 spiro atoms. The predicted octanol–water partition coefficient (Wildman–Crippen LogP) is 2.47. The van der Waals surface area contributed by atoms with Crippen LogP contribution in [0.4, 0.5) is 0 Å². The van der Waals surface area contributed by atoms with Crippen molar-refractivity contribution < 1.29 is 24.4 Å². The number of benzene rings is 1. The number of aromatic nitrogens is 1. The first-order chi connectivity index (χ1) is 10.6. The van der Waals surface area contributed by atoms with E-state index in [4.69, 9.17) is 14.2 Å². The highest BCUT2D eigenvalue weighted by molar-refractivity contribution is 5.63. The standard InChI is InChI=1S/C16H13NO5/c1-16-5-4-10(22-16)12-13(16)15(19)17(14(12)18)8-2-3-9-11(6-8)21-7-20-9/h2-6,10,18-19H,7H2,1H3. The van der Waals surface area contributed by atoms with Gasteiger partial charge in [0, 0.05) is 6.07 Å². The summed E-state index contributed by atoms with van der Waals surface area (Å²) in [6.45, 7) is 2.05. The number of hydrogen-bond acceptors (Lipinski definition) is 5. The summed E-state index contributed by atoms with van der Waals surface area (Å²) < 4.78 is 17.9. The highest BCUT2D eigenvalue weighted by atomic mass is 16.7. The Balaban J connectivity index is 1.74. The van der Waals surface area contributed by atoms with Gasteiger partial charge in [0.2, 0.25) is 18.6 Å². The number of rotatable bonds is 1. The van der Waals surface area contributed by atoms with Crippen LogP contribution in [-0.4, -0.2) is 21.6 Å². The zero-order valence-corrected chi connectivity index (χ0v) is 11.7. The Morgan fingerprint density at radius 2 is 2.00 bits per heavy atom. The Morgan fingerprint density at radius 3 is 2.82 bits per heavy atom. The van der Waals surface area contributed by atoms with Crippen LogP contribution in [-0.2, 0) is 10.3 Å². The maximum atomic E-state index is 10.6. The lowest BCUT2D eigenvalue weighted by molar-refractivity contribution is 0.00856. The van der Waals surface area contributed by atoms with Gasteiger partial charge in [-0.2, -0.15) is 0 Å². The van der Waals surface area contributed by atoms with Crippen LogP contribution in [0, 0.1) is 0 Å². The van der Waals surface area contributed by atoms with Crippen LogP contribution < -0.4 is 9.47 Å². The first kappa shape index (κ1) is 12.0. The fourth-order valence-electron chi connectivity index (χ4n) is 3.50. The van der Waals surface area contributed by atoms with Gasteiger partial charge >= 0.3 is 0 Å². The second-order valence-corrected chi connectivity index (χ2v) is 5.81. The van der Waals surface area contributed by atoms with Gasteiger partial charge in [-0.25, -0.2) is 0 Å². The van der Waals surface area contributed by atoms with Crippen LogP contribution in [0.2, 0.25) is 0 Å². The topological polar surface area (TPSA) is 73.1 Å². The summed E-state index contributed by atoms with van der Waals surface area (Å²) in [6, 6.07) is 5.25. The highest BCUT2D eigenvalue weighted by Gasteiger charge is 2.50. The van der Waals surface area contributed by atoms with E-state index in [2.05, 4.69) is 0 Å². The molecule has 3 aliphatic heterocycles. The maximum absolute atomic E-state index is 10.6. The van der Waals surface area contributed by atoms with E-state index in [9.17, 15) is 10.2 Å². The second-order valence-electron chi connectivity index (χ2n) is 5.81. The van der Waals surface area contributed by atoms with Gasteiger partial charge in [-0.05, 0) is 25.1 Å². The van der Waals surface area contributed by atoms with Gasteiger partial charge < -0.3 is 24.4 Å². The molecule has 6 nitrogen and oxygen atoms in total. The number of hydrogen-bond donors (Lipinski definition) is 2. The zero-order valence-electron chi connectivity index (χ0n) is 11.7. The molecule has 4 heterocycles. The smallest absolute Gasteiger partial charge is 0.231 e. The fraction of sp³-hybridized carbons (Fsp3) is 0.250. The molecule has 0 amide bonds. The molecule has 2 bridgehead atoms. The van der Waals surface area contributed by atoms with Crippen LogP contribution in [0.5, 0.6) is 23.3 Å². The van der Waals surface area contributed by atoms with Gasteiger partial charge in [-0.3, -0.25) is 4.57 Å². The Hall–Kier alpha value is -2.60. The predicted molar refractivity (Wildman–Crippen MR) is 75.5 cm³/mol. The Kier molecular flexibility index (Phi) is 1.96. The van der Waals surface area contributed by atoms with Crippen molar-refractivity contribution in [2.45, 2.75) is 18.6 Å². The van der Waals surface area contributed by atoms with Gasteiger partial charge in [-0.15, -0.1) is 0 Å². The molecule has 0 radical (unpaired) electrons. The molecule has 3 aliphatic rings. The fourth-order valence-corrected chi connectivity index (χ4v) is 3.50. The summed E-state index contributed by atoms with van der Waals surface area (Å²) in [6.07, 6.45) is 3.48. The zero-order chi connectivity index (χ0) is 15.1. The van der Waals surface area contributed by atoms with E-state index < -0.39 is 5.60 Å². The second kappa shape index (κ2) is 3.59. The summed E-state index contributed by atoms with van der Waals surface area (Å²) in [5.41, 5.74) is 1.16. The molecule has 2 N–H and O–H groups in total. The molecule has 0 aliphatic carbocycles. The molecule has 6 heteroatoms. The Morgan fingerprint density at radius 1 is 1.18 bits per heavy atom. The summed E-state index contributed by atoms with van der Waals surface area (Å²) in [5, 5.41) is 21.2. The molecule has 0 saturated heterocycles. The molecular weight excluding hydrogens is 286 g/mol. The maximum Gasteiger partial charge on any atom is 0.231 e. The Bertz CT molecular complexity index is 853. The van der Waals surface area contributed by atoms with Crippen molar-refractivity contribution >= 4 is 0 Å². The average Bonchev–Trinajstić information content (AvgIpc) is 3.20. The van der Waals surface area contributed by atoms with E-state index in [1.807, 2.05) is 19.1 Å². The molecular formula is C16H13NO5. The van der Waals surface area contributed by atoms with Crippen LogP contribution in [0.25, 0.3) is 5.69 Å². The summed E-state index contributed by atoms with van der Waals surface area (Å²) in [5.74, 6) is 1.22. The number of nitrogens with zero attached hydrogens (tertiary/aromatic N) is 1. The van der Waals surface area contributed by atoms with Crippen molar-refractivity contribution in [3.63, 3.8) is 0 Å². The minimum Gasteiger partial charge on any atom is -0.494 e. The van der Waals surface area contributed by atoms with Gasteiger partial charge in [0.05, 0.1) is 16.8 Å². The first-order valence-electron chi connectivity index (χ1n) is 7.03. The molecule has 0 saturated carbocycles. The molecule has 1 aromatic carbocycles. The molecule has 2 aromatic rings. The third-order valence-corrected chi connectivity index (χ3v) is 4.51. The van der Waals surface area contributed by atoms with Crippen molar-refractivity contribution in [1.29, 1.82) is 0 Å². The highest BCUT2D eigenvalue weighted by Crippen LogP contribution is 2.58. The number of ether oxygens (including phenoxy) is 3. The van der Waals surface area contributed by atoms with Gasteiger partial charge in [0.25, 0.3) is 0 Å². The minimum absolute atomic E-state index is 0.00978. The van der Waals surface area contributed by atoms with E-state index in [0.29, 0.717) is 28.3 Å². The summed E-state index contributed by atoms with van der Waals surface area (Å²) in [4.78, 5) is 0. The van der Waals surface area contributed by atoms with E-state index in [1.54, 1.807) is 18.2 Å². The first-order valence-corrected chi connectivity index (χ1v) is 7.03. The number of fused-ring (bicyclic) bond motifs is 6. The van der Waals surface area contributed by atoms with Crippen LogP contribution in [0.3, 0.4) is 0 Å². The van der Waals surface area contributed by atoms with Crippen LogP contribution in [0.15, 0.2) is 30.4 Å². The third-order valence-electron chi connectivity index (χ3n) is 4.51. The lowest BCUT2D eigenvalue weighted by Crippen LogP contribution is -2.14. The van der Waals surface area contributed by atoms with Gasteiger partial charge in [-0.1, -0.05) is 6.08 Å². The van der Waals surface area contributed by atoms with Crippen molar-refractivity contribution in [2.24, 2.45) is 0 Å². The van der Waals surface area contributed by atoms with E-state index in [0.717, 1.165) is 0 Å². The van der Waals surface area contributed by atoms with Crippen molar-refractivity contribution in [2.75, 3.05) is 6.79 Å². The van der Waals surface area contributed by atoms with Crippen LogP contribution >= 0.6 is 0 Å². The third kappa shape index (κ3) is 1.24. The molecule has 1 aromatic heterocycles. The summed E-state index contributed by atoms with van der Waals surface area (Å²) >= 11 is 0. The van der Waals surface area contributed by atoms with E-state index in [-0.39, 0.29) is 24.7 Å². The van der Waals surface area contributed by atoms with Crippen molar-refractivity contribution in [3.05, 3.63) is 41.5 Å².